The Morgan fingerprint density at radius 3 is 2.46 bits per heavy atom. The van der Waals surface area contributed by atoms with Crippen molar-refractivity contribution in [2.45, 2.75) is 30.7 Å². The number of hydrogen-bond donors (Lipinski definition) is 5. The minimum atomic E-state index is -1.22. The number of benzene rings is 1. The number of carboxylic acid groups (broad SMARTS) is 2. The number of thioether (sulfide) groups is 1. The van der Waals surface area contributed by atoms with Crippen LogP contribution in [-0.4, -0.2) is 58.3 Å². The average molecular weight is 432 g/mol. The number of rotatable bonds is 12. The lowest BCUT2D eigenvalue weighted by Gasteiger charge is -2.18. The molecule has 28 heavy (non-hydrogen) atoms. The molecule has 154 valence electrons. The molecule has 2 atom stereocenters. The van der Waals surface area contributed by atoms with Gasteiger partial charge in [-0.2, -0.15) is 11.8 Å². The summed E-state index contributed by atoms with van der Waals surface area (Å²) in [5.41, 5.74) is 6.21. The summed E-state index contributed by atoms with van der Waals surface area (Å²) < 4.78 is 0. The third-order valence-electron chi connectivity index (χ3n) is 3.57. The number of carbonyl (C=O) groups is 4. The van der Waals surface area contributed by atoms with Gasteiger partial charge in [-0.3, -0.25) is 19.2 Å². The zero-order valence-electron chi connectivity index (χ0n) is 14.9. The molecular weight excluding hydrogens is 410 g/mol. The minimum absolute atomic E-state index is 0.0859. The van der Waals surface area contributed by atoms with Gasteiger partial charge in [-0.1, -0.05) is 29.8 Å². The second-order valence-corrected chi connectivity index (χ2v) is 7.26. The van der Waals surface area contributed by atoms with E-state index in [0.717, 1.165) is 5.56 Å². The van der Waals surface area contributed by atoms with Gasteiger partial charge in [0.2, 0.25) is 11.8 Å². The van der Waals surface area contributed by atoms with Gasteiger partial charge in [-0.25, -0.2) is 0 Å². The van der Waals surface area contributed by atoms with Gasteiger partial charge in [0, 0.05) is 22.9 Å². The summed E-state index contributed by atoms with van der Waals surface area (Å²) in [6.45, 7) is -0.579. The van der Waals surface area contributed by atoms with Crippen LogP contribution in [-0.2, 0) is 24.9 Å². The molecule has 0 bridgehead atoms. The van der Waals surface area contributed by atoms with E-state index in [-0.39, 0.29) is 18.6 Å². The maximum atomic E-state index is 12.2. The first-order chi connectivity index (χ1) is 13.2. The van der Waals surface area contributed by atoms with E-state index in [9.17, 15) is 19.2 Å². The largest absolute Gasteiger partial charge is 0.480 e. The summed E-state index contributed by atoms with van der Waals surface area (Å²) in [6.07, 6.45) is -0.261. The Balaban J connectivity index is 2.63. The van der Waals surface area contributed by atoms with Gasteiger partial charge in [0.25, 0.3) is 0 Å². The Morgan fingerprint density at radius 1 is 1.18 bits per heavy atom. The molecule has 0 saturated carbocycles. The molecule has 11 heteroatoms. The molecule has 1 aromatic rings. The summed E-state index contributed by atoms with van der Waals surface area (Å²) in [5.74, 6) is -2.97. The number of hydrogen-bond acceptors (Lipinski definition) is 6. The van der Waals surface area contributed by atoms with Crippen LogP contribution in [0, 0.1) is 0 Å². The van der Waals surface area contributed by atoms with Crippen molar-refractivity contribution >= 4 is 47.1 Å². The van der Waals surface area contributed by atoms with Crippen LogP contribution in [0.3, 0.4) is 0 Å². The zero-order valence-corrected chi connectivity index (χ0v) is 16.5. The van der Waals surface area contributed by atoms with Crippen molar-refractivity contribution in [3.05, 3.63) is 34.9 Å². The lowest BCUT2D eigenvalue weighted by molar-refractivity contribution is -0.139. The molecule has 0 aromatic heterocycles. The number of carboxylic acids is 2. The molecule has 0 fully saturated rings. The fraction of sp³-hybridized carbons (Fsp3) is 0.412. The van der Waals surface area contributed by atoms with E-state index in [1.54, 1.807) is 12.1 Å². The molecule has 0 heterocycles. The number of carbonyl (C=O) groups excluding carboxylic acids is 2. The molecule has 0 aliphatic rings. The van der Waals surface area contributed by atoms with Gasteiger partial charge >= 0.3 is 11.9 Å². The van der Waals surface area contributed by atoms with E-state index in [1.165, 1.54) is 11.8 Å². The van der Waals surface area contributed by atoms with Crippen molar-refractivity contribution in [2.75, 3.05) is 12.3 Å². The quantitative estimate of drug-likeness (QED) is 0.319. The highest BCUT2D eigenvalue weighted by Crippen LogP contribution is 2.21. The van der Waals surface area contributed by atoms with Crippen molar-refractivity contribution in [3.8, 4) is 0 Å². The summed E-state index contributed by atoms with van der Waals surface area (Å²) in [6, 6.07) is 5.02. The predicted molar refractivity (Wildman–Crippen MR) is 105 cm³/mol. The lowest BCUT2D eigenvalue weighted by Crippen LogP contribution is -2.49. The topological polar surface area (TPSA) is 159 Å². The SMILES string of the molecule is N[C@@H](CCC(=O)NC(CSCc1ccccc1Cl)C(=O)NCC(=O)O)C(=O)O. The third-order valence-corrected chi connectivity index (χ3v) is 5.02. The highest BCUT2D eigenvalue weighted by molar-refractivity contribution is 7.98. The van der Waals surface area contributed by atoms with E-state index >= 15 is 0 Å². The summed E-state index contributed by atoms with van der Waals surface area (Å²) in [5, 5.41) is 22.7. The maximum absolute atomic E-state index is 12.2. The van der Waals surface area contributed by atoms with Crippen molar-refractivity contribution in [2.24, 2.45) is 5.73 Å². The van der Waals surface area contributed by atoms with Crippen LogP contribution in [0.2, 0.25) is 5.02 Å². The number of aliphatic carboxylic acids is 2. The van der Waals surface area contributed by atoms with Crippen LogP contribution in [0.15, 0.2) is 24.3 Å². The fourth-order valence-electron chi connectivity index (χ4n) is 2.05. The van der Waals surface area contributed by atoms with Gasteiger partial charge in [0.05, 0.1) is 0 Å². The first-order valence-electron chi connectivity index (χ1n) is 8.29. The van der Waals surface area contributed by atoms with Gasteiger partial charge in [-0.05, 0) is 18.1 Å². The van der Waals surface area contributed by atoms with Crippen LogP contribution < -0.4 is 16.4 Å². The average Bonchev–Trinajstić information content (AvgIpc) is 2.64. The second-order valence-electron chi connectivity index (χ2n) is 5.82. The molecule has 0 spiro atoms. The molecule has 6 N–H and O–H groups in total. The van der Waals surface area contributed by atoms with Crippen LogP contribution in [0.1, 0.15) is 18.4 Å². The molecule has 0 aliphatic carbocycles. The van der Waals surface area contributed by atoms with Crippen LogP contribution in [0.25, 0.3) is 0 Å². The standard InChI is InChI=1S/C17H22ClN3O6S/c18-11-4-2-1-3-10(11)8-28-9-13(16(25)20-7-15(23)24)21-14(22)6-5-12(19)17(26)27/h1-4,12-13H,5-9,19H2,(H,20,25)(H,21,22)(H,23,24)(H,26,27)/t12-,13?/m0/s1. The van der Waals surface area contributed by atoms with Crippen LogP contribution in [0.4, 0.5) is 0 Å². The molecule has 0 radical (unpaired) electrons. The van der Waals surface area contributed by atoms with Gasteiger partial charge in [-0.15, -0.1) is 0 Å². The smallest absolute Gasteiger partial charge is 0.322 e. The summed E-state index contributed by atoms with van der Waals surface area (Å²) >= 11 is 7.42. The lowest BCUT2D eigenvalue weighted by atomic mass is 10.1. The molecule has 1 rings (SSSR count). The summed E-state index contributed by atoms with van der Waals surface area (Å²) in [4.78, 5) is 45.6. The number of nitrogens with two attached hydrogens (primary N) is 1. The molecule has 9 nitrogen and oxygen atoms in total. The Hall–Kier alpha value is -2.30. The maximum Gasteiger partial charge on any atom is 0.322 e. The normalized spacial score (nSPS) is 12.6. The molecule has 1 aromatic carbocycles. The van der Waals surface area contributed by atoms with E-state index in [2.05, 4.69) is 10.6 Å². The first-order valence-corrected chi connectivity index (χ1v) is 9.82. The van der Waals surface area contributed by atoms with E-state index in [1.807, 2.05) is 12.1 Å². The second kappa shape index (κ2) is 12.2. The Labute approximate surface area is 171 Å². The summed E-state index contributed by atoms with van der Waals surface area (Å²) in [7, 11) is 0. The van der Waals surface area contributed by atoms with Crippen LogP contribution >= 0.6 is 23.4 Å². The fourth-order valence-corrected chi connectivity index (χ4v) is 3.39. The molecule has 0 aliphatic heterocycles. The van der Waals surface area contributed by atoms with Crippen molar-refractivity contribution in [3.63, 3.8) is 0 Å². The number of nitrogens with one attached hydrogen (secondary N) is 2. The van der Waals surface area contributed by atoms with E-state index in [0.29, 0.717) is 10.8 Å². The zero-order chi connectivity index (χ0) is 21.1. The Kier molecular flexibility index (Phi) is 10.4. The Bertz CT molecular complexity index is 718. The molecule has 2 amide bonds. The highest BCUT2D eigenvalue weighted by Gasteiger charge is 2.22. The number of amides is 2. The third kappa shape index (κ3) is 9.07. The van der Waals surface area contributed by atoms with Crippen molar-refractivity contribution in [1.82, 2.24) is 10.6 Å². The van der Waals surface area contributed by atoms with Crippen molar-refractivity contribution in [1.29, 1.82) is 0 Å². The molecular formula is C17H22ClN3O6S. The van der Waals surface area contributed by atoms with Crippen LogP contribution in [0.5, 0.6) is 0 Å². The van der Waals surface area contributed by atoms with E-state index in [4.69, 9.17) is 27.5 Å². The van der Waals surface area contributed by atoms with Gasteiger partial charge in [0.1, 0.15) is 18.6 Å². The van der Waals surface area contributed by atoms with Gasteiger partial charge < -0.3 is 26.6 Å². The number of halogens is 1. The van der Waals surface area contributed by atoms with Gasteiger partial charge in [0.15, 0.2) is 0 Å². The Morgan fingerprint density at radius 2 is 1.86 bits per heavy atom. The monoisotopic (exact) mass is 431 g/mol. The minimum Gasteiger partial charge on any atom is -0.480 e. The van der Waals surface area contributed by atoms with E-state index < -0.39 is 42.4 Å². The first kappa shape index (κ1) is 23.7. The predicted octanol–water partition coefficient (Wildman–Crippen LogP) is 0.451. The highest BCUT2D eigenvalue weighted by atomic mass is 35.5. The molecule has 1 unspecified atom stereocenters. The van der Waals surface area contributed by atoms with Crippen molar-refractivity contribution < 1.29 is 29.4 Å². The molecule has 0 saturated heterocycles.